The first kappa shape index (κ1) is 17.2. The topological polar surface area (TPSA) is 37.4 Å². The zero-order valence-electron chi connectivity index (χ0n) is 15.8. The number of carbonyl (C=O) groups excluding carboxylic acids is 2. The maximum absolute atomic E-state index is 13.3. The summed E-state index contributed by atoms with van der Waals surface area (Å²) in [6, 6.07) is 7.85. The van der Waals surface area contributed by atoms with Gasteiger partial charge in [-0.25, -0.2) is 4.90 Å². The van der Waals surface area contributed by atoms with Crippen LogP contribution in [0.25, 0.3) is 0 Å². The molecule has 2 aliphatic rings. The molecule has 3 rings (SSSR count). The van der Waals surface area contributed by atoms with E-state index >= 15 is 0 Å². The molecule has 2 fully saturated rings. The molecule has 1 heterocycles. The Morgan fingerprint density at radius 1 is 1.12 bits per heavy atom. The molecular formula is C21H29NO2. The normalized spacial score (nSPS) is 28.8. The highest BCUT2D eigenvalue weighted by Gasteiger charge is 2.72. The molecule has 2 amide bonds. The number of fused-ring (bicyclic) bond motifs is 1. The molecule has 3 heteroatoms. The summed E-state index contributed by atoms with van der Waals surface area (Å²) in [5.74, 6) is -0.165. The minimum atomic E-state index is -0.520. The summed E-state index contributed by atoms with van der Waals surface area (Å²) in [6.07, 6.45) is 2.74. The summed E-state index contributed by atoms with van der Waals surface area (Å²) < 4.78 is 0. The van der Waals surface area contributed by atoms with Crippen molar-refractivity contribution in [2.24, 2.45) is 16.7 Å². The zero-order chi connectivity index (χ0) is 17.9. The Kier molecular flexibility index (Phi) is 3.71. The summed E-state index contributed by atoms with van der Waals surface area (Å²) in [6.45, 7) is 12.6. The van der Waals surface area contributed by atoms with Crippen LogP contribution in [0.5, 0.6) is 0 Å². The number of nitrogens with zero attached hydrogens (tertiary/aromatic N) is 1. The molecule has 0 unspecified atom stereocenters. The second kappa shape index (κ2) is 5.18. The maximum Gasteiger partial charge on any atom is 0.240 e. The van der Waals surface area contributed by atoms with Crippen LogP contribution in [-0.2, 0) is 15.0 Å². The Bertz CT molecular complexity index is 696. The van der Waals surface area contributed by atoms with Gasteiger partial charge in [-0.15, -0.1) is 0 Å². The van der Waals surface area contributed by atoms with Crippen LogP contribution < -0.4 is 4.90 Å². The first-order valence-electron chi connectivity index (χ1n) is 9.10. The first-order valence-corrected chi connectivity index (χ1v) is 9.10. The highest BCUT2D eigenvalue weighted by Crippen LogP contribution is 2.67. The molecule has 0 aromatic heterocycles. The van der Waals surface area contributed by atoms with E-state index < -0.39 is 5.41 Å². The first-order chi connectivity index (χ1) is 11.1. The summed E-state index contributed by atoms with van der Waals surface area (Å²) >= 11 is 0. The highest BCUT2D eigenvalue weighted by molar-refractivity contribution is 6.25. The van der Waals surface area contributed by atoms with Crippen molar-refractivity contribution in [3.8, 4) is 0 Å². The van der Waals surface area contributed by atoms with E-state index in [1.54, 1.807) is 0 Å². The van der Waals surface area contributed by atoms with Gasteiger partial charge in [0.25, 0.3) is 0 Å². The zero-order valence-corrected chi connectivity index (χ0v) is 15.8. The van der Waals surface area contributed by atoms with Crippen LogP contribution in [0.2, 0.25) is 0 Å². The van der Waals surface area contributed by atoms with Crippen LogP contribution in [-0.4, -0.2) is 11.8 Å². The van der Waals surface area contributed by atoms with Gasteiger partial charge in [-0.3, -0.25) is 9.59 Å². The molecule has 1 saturated heterocycles. The van der Waals surface area contributed by atoms with E-state index in [2.05, 4.69) is 34.6 Å². The molecule has 24 heavy (non-hydrogen) atoms. The van der Waals surface area contributed by atoms with E-state index in [1.165, 1.54) is 4.90 Å². The predicted octanol–water partition coefficient (Wildman–Crippen LogP) is 4.69. The number of imide groups is 1. The second-order valence-corrected chi connectivity index (χ2v) is 8.84. The summed E-state index contributed by atoms with van der Waals surface area (Å²) in [5, 5.41) is 0. The van der Waals surface area contributed by atoms with Gasteiger partial charge in [0.1, 0.15) is 0 Å². The van der Waals surface area contributed by atoms with Crippen molar-refractivity contribution in [1.82, 2.24) is 0 Å². The number of hydrogen-bond donors (Lipinski definition) is 0. The molecule has 1 aliphatic carbocycles. The lowest BCUT2D eigenvalue weighted by Gasteiger charge is -2.55. The number of benzene rings is 1. The van der Waals surface area contributed by atoms with Gasteiger partial charge >= 0.3 is 0 Å². The minimum Gasteiger partial charge on any atom is -0.274 e. The van der Waals surface area contributed by atoms with Crippen molar-refractivity contribution >= 4 is 17.5 Å². The van der Waals surface area contributed by atoms with Crippen molar-refractivity contribution < 1.29 is 9.59 Å². The second-order valence-electron chi connectivity index (χ2n) is 8.84. The summed E-state index contributed by atoms with van der Waals surface area (Å²) in [7, 11) is 0. The quantitative estimate of drug-likeness (QED) is 0.755. The van der Waals surface area contributed by atoms with Gasteiger partial charge in [-0.2, -0.15) is 0 Å². The Balaban J connectivity index is 2.10. The number of para-hydroxylation sites is 1. The third kappa shape index (κ3) is 2.03. The number of amides is 2. The minimum absolute atomic E-state index is 0.00702. The van der Waals surface area contributed by atoms with E-state index in [-0.39, 0.29) is 28.6 Å². The van der Waals surface area contributed by atoms with Crippen LogP contribution in [0, 0.1) is 16.7 Å². The van der Waals surface area contributed by atoms with E-state index in [9.17, 15) is 9.59 Å². The van der Waals surface area contributed by atoms with Crippen molar-refractivity contribution in [2.45, 2.75) is 66.2 Å². The molecule has 0 radical (unpaired) electrons. The van der Waals surface area contributed by atoms with E-state index in [0.717, 1.165) is 30.5 Å². The number of carbonyl (C=O) groups is 2. The molecule has 130 valence electrons. The molecule has 1 aromatic rings. The predicted molar refractivity (Wildman–Crippen MR) is 96.9 cm³/mol. The van der Waals surface area contributed by atoms with Crippen molar-refractivity contribution in [2.75, 3.05) is 4.90 Å². The third-order valence-corrected chi connectivity index (χ3v) is 6.49. The smallest absolute Gasteiger partial charge is 0.240 e. The average Bonchev–Trinajstić information content (AvgIpc) is 2.66. The van der Waals surface area contributed by atoms with E-state index in [1.807, 2.05) is 31.2 Å². The molecule has 0 spiro atoms. The van der Waals surface area contributed by atoms with Gasteiger partial charge in [0.05, 0.1) is 17.0 Å². The summed E-state index contributed by atoms with van der Waals surface area (Å²) in [4.78, 5) is 28.0. The van der Waals surface area contributed by atoms with E-state index in [4.69, 9.17) is 0 Å². The van der Waals surface area contributed by atoms with Crippen LogP contribution in [0.1, 0.15) is 66.4 Å². The number of anilines is 1. The number of hydrogen-bond acceptors (Lipinski definition) is 2. The van der Waals surface area contributed by atoms with Crippen LogP contribution >= 0.6 is 0 Å². The van der Waals surface area contributed by atoms with Gasteiger partial charge in [0.2, 0.25) is 11.8 Å². The Morgan fingerprint density at radius 3 is 2.25 bits per heavy atom. The van der Waals surface area contributed by atoms with E-state index in [0.29, 0.717) is 0 Å². The lowest BCUT2D eigenvalue weighted by molar-refractivity contribution is -0.157. The molecule has 0 N–H and O–H groups in total. The molecule has 1 aliphatic heterocycles. The molecule has 3 nitrogen and oxygen atoms in total. The third-order valence-electron chi connectivity index (χ3n) is 6.49. The van der Waals surface area contributed by atoms with Gasteiger partial charge in [-0.1, -0.05) is 52.8 Å². The van der Waals surface area contributed by atoms with Gasteiger partial charge in [-0.05, 0) is 48.6 Å². The van der Waals surface area contributed by atoms with Gasteiger partial charge in [0, 0.05) is 0 Å². The lowest BCUT2D eigenvalue weighted by atomic mass is 9.45. The van der Waals surface area contributed by atoms with Gasteiger partial charge < -0.3 is 0 Å². The Labute approximate surface area is 145 Å². The lowest BCUT2D eigenvalue weighted by Crippen LogP contribution is -2.56. The maximum atomic E-state index is 13.3. The fourth-order valence-electron chi connectivity index (χ4n) is 5.14. The molecule has 1 aromatic carbocycles. The Morgan fingerprint density at radius 2 is 1.71 bits per heavy atom. The van der Waals surface area contributed by atoms with Crippen molar-refractivity contribution in [1.29, 1.82) is 0 Å². The number of rotatable bonds is 3. The standard InChI is InChI=1S/C21H29NO2/c1-7-21(8-2)13-20(6)16(21)17(23)22(18(20)24)15-12-10-9-11-14(15)19(3,4)5/h9-12,16H,7-8,13H2,1-6H3/t16-,20-/m1/s1. The highest BCUT2D eigenvalue weighted by atomic mass is 16.2. The van der Waals surface area contributed by atoms with Crippen LogP contribution in [0.15, 0.2) is 24.3 Å². The van der Waals surface area contributed by atoms with Crippen LogP contribution in [0.3, 0.4) is 0 Å². The van der Waals surface area contributed by atoms with Gasteiger partial charge in [0.15, 0.2) is 0 Å². The molecule has 0 bridgehead atoms. The average molecular weight is 327 g/mol. The van der Waals surface area contributed by atoms with Crippen molar-refractivity contribution in [3.05, 3.63) is 29.8 Å². The molecule has 1 saturated carbocycles. The molecule has 2 atom stereocenters. The Hall–Kier alpha value is -1.64. The fourth-order valence-corrected chi connectivity index (χ4v) is 5.14. The summed E-state index contributed by atoms with van der Waals surface area (Å²) in [5.41, 5.74) is 1.18. The molecular weight excluding hydrogens is 298 g/mol. The monoisotopic (exact) mass is 327 g/mol. The largest absolute Gasteiger partial charge is 0.274 e. The SMILES string of the molecule is CCC1(CC)C[C@@]2(C)C(=O)N(c3ccccc3C(C)(C)C)C(=O)[C@@H]12. The fraction of sp³-hybridized carbons (Fsp3) is 0.619. The van der Waals surface area contributed by atoms with Crippen molar-refractivity contribution in [3.63, 3.8) is 0 Å². The van der Waals surface area contributed by atoms with Crippen LogP contribution in [0.4, 0.5) is 5.69 Å².